The number of benzene rings is 2. The van der Waals surface area contributed by atoms with Gasteiger partial charge in [-0.2, -0.15) is 0 Å². The molecule has 18 heavy (non-hydrogen) atoms. The molecule has 0 heterocycles. The summed E-state index contributed by atoms with van der Waals surface area (Å²) >= 11 is 0. The summed E-state index contributed by atoms with van der Waals surface area (Å²) in [6.07, 6.45) is 0. The molecule has 0 nitrogen and oxygen atoms in total. The summed E-state index contributed by atoms with van der Waals surface area (Å²) < 4.78 is 0. The molecule has 0 N–H and O–H groups in total. The topological polar surface area (TPSA) is 0 Å². The monoisotopic (exact) mass is 237 g/mol. The maximum Gasteiger partial charge on any atom is -0.00990 e. The lowest BCUT2D eigenvalue weighted by molar-refractivity contribution is 0.838. The SMILES string of the molecule is CC(C)c1cccc(C(C)C)c1-c1[c]cccc1. The third-order valence-corrected chi connectivity index (χ3v) is 3.35. The van der Waals surface area contributed by atoms with E-state index in [0.29, 0.717) is 11.8 Å². The van der Waals surface area contributed by atoms with Crippen LogP contribution < -0.4 is 0 Å². The third-order valence-electron chi connectivity index (χ3n) is 3.35. The minimum atomic E-state index is 0.535. The molecule has 0 saturated heterocycles. The van der Waals surface area contributed by atoms with Gasteiger partial charge in [-0.05, 0) is 40.2 Å². The zero-order chi connectivity index (χ0) is 13.1. The normalized spacial score (nSPS) is 11.2. The summed E-state index contributed by atoms with van der Waals surface area (Å²) in [4.78, 5) is 0. The van der Waals surface area contributed by atoms with Crippen molar-refractivity contribution in [3.63, 3.8) is 0 Å². The van der Waals surface area contributed by atoms with Gasteiger partial charge in [-0.3, -0.25) is 0 Å². The molecule has 0 aliphatic carbocycles. The molecule has 0 spiro atoms. The molecule has 0 saturated carbocycles. The van der Waals surface area contributed by atoms with Gasteiger partial charge in [-0.15, -0.1) is 0 Å². The van der Waals surface area contributed by atoms with Crippen LogP contribution in [0, 0.1) is 6.07 Å². The van der Waals surface area contributed by atoms with Crippen LogP contribution in [0.4, 0.5) is 0 Å². The first-order chi connectivity index (χ1) is 8.61. The van der Waals surface area contributed by atoms with Crippen molar-refractivity contribution in [3.8, 4) is 11.1 Å². The molecule has 0 bridgehead atoms. The Labute approximate surface area is 111 Å². The van der Waals surface area contributed by atoms with Gasteiger partial charge in [-0.1, -0.05) is 70.2 Å². The third kappa shape index (κ3) is 2.48. The van der Waals surface area contributed by atoms with Crippen molar-refractivity contribution in [2.24, 2.45) is 0 Å². The van der Waals surface area contributed by atoms with Crippen molar-refractivity contribution < 1.29 is 0 Å². The molecule has 93 valence electrons. The Morgan fingerprint density at radius 2 is 1.39 bits per heavy atom. The van der Waals surface area contributed by atoms with Crippen LogP contribution >= 0.6 is 0 Å². The predicted octanol–water partition coefficient (Wildman–Crippen LogP) is 5.40. The van der Waals surface area contributed by atoms with Crippen molar-refractivity contribution >= 4 is 0 Å². The molecule has 0 aromatic heterocycles. The molecule has 0 aliphatic heterocycles. The Bertz CT molecular complexity index is 481. The molecule has 0 amide bonds. The van der Waals surface area contributed by atoms with Gasteiger partial charge >= 0.3 is 0 Å². The zero-order valence-corrected chi connectivity index (χ0v) is 11.7. The second kappa shape index (κ2) is 5.39. The van der Waals surface area contributed by atoms with Crippen LogP contribution in [0.15, 0.2) is 42.5 Å². The first-order valence-electron chi connectivity index (χ1n) is 6.71. The minimum Gasteiger partial charge on any atom is -0.0617 e. The van der Waals surface area contributed by atoms with E-state index >= 15 is 0 Å². The summed E-state index contributed by atoms with van der Waals surface area (Å²) in [6, 6.07) is 18.3. The molecule has 0 aliphatic rings. The maximum absolute atomic E-state index is 3.38. The lowest BCUT2D eigenvalue weighted by Crippen LogP contribution is -1.99. The van der Waals surface area contributed by atoms with Gasteiger partial charge in [0.2, 0.25) is 0 Å². The fraction of sp³-hybridized carbons (Fsp3) is 0.333. The van der Waals surface area contributed by atoms with Crippen LogP contribution in [0.2, 0.25) is 0 Å². The molecule has 2 rings (SSSR count). The summed E-state index contributed by atoms with van der Waals surface area (Å²) in [5.74, 6) is 1.07. The van der Waals surface area contributed by atoms with Crippen LogP contribution in [-0.2, 0) is 0 Å². The molecule has 0 fully saturated rings. The number of hydrogen-bond donors (Lipinski definition) is 0. The number of hydrogen-bond acceptors (Lipinski definition) is 0. The average molecular weight is 237 g/mol. The van der Waals surface area contributed by atoms with E-state index in [1.807, 2.05) is 12.1 Å². The van der Waals surface area contributed by atoms with Gasteiger partial charge in [0.05, 0.1) is 0 Å². The van der Waals surface area contributed by atoms with Crippen LogP contribution in [0.3, 0.4) is 0 Å². The standard InChI is InChI=1S/C18H21/c1-13(2)16-11-8-12-17(14(3)4)18(16)15-9-6-5-7-10-15/h5-9,11-14H,1-4H3. The Kier molecular flexibility index (Phi) is 3.86. The fourth-order valence-electron chi connectivity index (χ4n) is 2.41. The highest BCUT2D eigenvalue weighted by atomic mass is 14.2. The number of rotatable bonds is 3. The Morgan fingerprint density at radius 1 is 0.778 bits per heavy atom. The van der Waals surface area contributed by atoms with Crippen molar-refractivity contribution in [1.82, 2.24) is 0 Å². The van der Waals surface area contributed by atoms with Crippen molar-refractivity contribution in [3.05, 3.63) is 59.7 Å². The average Bonchev–Trinajstić information content (AvgIpc) is 2.38. The molecular weight excluding hydrogens is 216 g/mol. The van der Waals surface area contributed by atoms with Gasteiger partial charge in [-0.25, -0.2) is 0 Å². The molecule has 0 heteroatoms. The van der Waals surface area contributed by atoms with Crippen LogP contribution in [-0.4, -0.2) is 0 Å². The first kappa shape index (κ1) is 12.9. The molecule has 2 aromatic carbocycles. The summed E-state index contributed by atoms with van der Waals surface area (Å²) in [6.45, 7) is 9.02. The molecule has 2 aromatic rings. The van der Waals surface area contributed by atoms with Gasteiger partial charge in [0, 0.05) is 0 Å². The van der Waals surface area contributed by atoms with Crippen LogP contribution in [0.5, 0.6) is 0 Å². The molecule has 1 radical (unpaired) electrons. The fourth-order valence-corrected chi connectivity index (χ4v) is 2.41. The van der Waals surface area contributed by atoms with Crippen molar-refractivity contribution in [2.75, 3.05) is 0 Å². The summed E-state index contributed by atoms with van der Waals surface area (Å²) in [5.41, 5.74) is 5.43. The van der Waals surface area contributed by atoms with E-state index in [9.17, 15) is 0 Å². The largest absolute Gasteiger partial charge is 0.0617 e. The Balaban J connectivity index is 2.69. The maximum atomic E-state index is 3.38. The van der Waals surface area contributed by atoms with Crippen LogP contribution in [0.1, 0.15) is 50.7 Å². The van der Waals surface area contributed by atoms with E-state index in [1.54, 1.807) is 0 Å². The molecular formula is C18H21. The van der Waals surface area contributed by atoms with E-state index in [4.69, 9.17) is 0 Å². The van der Waals surface area contributed by atoms with Gasteiger partial charge in [0.1, 0.15) is 0 Å². The minimum absolute atomic E-state index is 0.535. The van der Waals surface area contributed by atoms with Gasteiger partial charge in [0.25, 0.3) is 0 Å². The second-order valence-corrected chi connectivity index (χ2v) is 5.40. The first-order valence-corrected chi connectivity index (χ1v) is 6.71. The second-order valence-electron chi connectivity index (χ2n) is 5.40. The zero-order valence-electron chi connectivity index (χ0n) is 11.7. The van der Waals surface area contributed by atoms with E-state index < -0.39 is 0 Å². The predicted molar refractivity (Wildman–Crippen MR) is 78.9 cm³/mol. The lowest BCUT2D eigenvalue weighted by atomic mass is 9.85. The Hall–Kier alpha value is -1.56. The van der Waals surface area contributed by atoms with E-state index in [0.717, 1.165) is 0 Å². The molecule has 0 atom stereocenters. The van der Waals surface area contributed by atoms with E-state index in [2.05, 4.69) is 64.1 Å². The summed E-state index contributed by atoms with van der Waals surface area (Å²) in [7, 11) is 0. The van der Waals surface area contributed by atoms with Gasteiger partial charge < -0.3 is 0 Å². The van der Waals surface area contributed by atoms with Gasteiger partial charge in [0.15, 0.2) is 0 Å². The van der Waals surface area contributed by atoms with Crippen LogP contribution in [0.25, 0.3) is 11.1 Å². The smallest absolute Gasteiger partial charge is 0.00990 e. The highest BCUT2D eigenvalue weighted by Crippen LogP contribution is 2.35. The lowest BCUT2D eigenvalue weighted by Gasteiger charge is -2.19. The highest BCUT2D eigenvalue weighted by molar-refractivity contribution is 5.72. The van der Waals surface area contributed by atoms with Crippen molar-refractivity contribution in [2.45, 2.75) is 39.5 Å². The highest BCUT2D eigenvalue weighted by Gasteiger charge is 2.14. The Morgan fingerprint density at radius 3 is 1.83 bits per heavy atom. The quantitative estimate of drug-likeness (QED) is 0.670. The van der Waals surface area contributed by atoms with Crippen molar-refractivity contribution in [1.29, 1.82) is 0 Å². The summed E-state index contributed by atoms with van der Waals surface area (Å²) in [5, 5.41) is 0. The molecule has 0 unspecified atom stereocenters. The van der Waals surface area contributed by atoms with E-state index in [1.165, 1.54) is 22.3 Å². The van der Waals surface area contributed by atoms with E-state index in [-0.39, 0.29) is 0 Å².